The molecular weight excluding hydrogens is 624 g/mol. The number of carbonyl (C=O) groups is 2. The molecule has 254 valence electrons. The lowest BCUT2D eigenvalue weighted by Crippen LogP contribution is -2.10. The Balaban J connectivity index is 1.09. The molecule has 4 heterocycles. The Hall–Kier alpha value is -5.66. The predicted octanol–water partition coefficient (Wildman–Crippen LogP) is 5.91. The van der Waals surface area contributed by atoms with E-state index in [2.05, 4.69) is 29.7 Å². The molecule has 49 heavy (non-hydrogen) atoms. The second-order valence-corrected chi connectivity index (χ2v) is 12.6. The van der Waals surface area contributed by atoms with Crippen LogP contribution in [0.15, 0.2) is 45.2 Å². The molecule has 6 aromatic rings. The zero-order chi connectivity index (χ0) is 34.4. The molecule has 1 aliphatic rings. The van der Waals surface area contributed by atoms with E-state index in [1.54, 1.807) is 24.3 Å². The van der Waals surface area contributed by atoms with Crippen LogP contribution in [0.5, 0.6) is 0 Å². The number of hydrogen-bond donors (Lipinski definition) is 4. The van der Waals surface area contributed by atoms with Gasteiger partial charge in [0.2, 0.25) is 35.5 Å². The molecule has 0 spiro atoms. The third kappa shape index (κ3) is 6.33. The van der Waals surface area contributed by atoms with E-state index in [-0.39, 0.29) is 0 Å². The average Bonchev–Trinajstić information content (AvgIpc) is 3.31. The van der Waals surface area contributed by atoms with Crippen LogP contribution in [0.1, 0.15) is 77.0 Å². The number of aryl methyl sites for hydroxylation is 6. The molecule has 0 saturated heterocycles. The van der Waals surface area contributed by atoms with Crippen molar-refractivity contribution in [3.05, 3.63) is 70.7 Å². The summed E-state index contributed by atoms with van der Waals surface area (Å²) in [7, 11) is 0. The van der Waals surface area contributed by atoms with Crippen molar-refractivity contribution in [1.82, 2.24) is 29.1 Å². The molecule has 2 amide bonds. The first kappa shape index (κ1) is 31.9. The maximum atomic E-state index is 11.9. The molecule has 6 N–H and O–H groups in total. The highest BCUT2D eigenvalue weighted by Crippen LogP contribution is 2.45. The molecule has 2 aromatic carbocycles. The van der Waals surface area contributed by atoms with Gasteiger partial charge in [-0.2, -0.15) is 0 Å². The smallest absolute Gasteiger partial charge is 0.248 e. The lowest BCUT2D eigenvalue weighted by molar-refractivity contribution is 0.0992. The highest BCUT2D eigenvalue weighted by molar-refractivity contribution is 5.97. The summed E-state index contributed by atoms with van der Waals surface area (Å²) < 4.78 is 16.0. The molecule has 0 aliphatic heterocycles. The van der Waals surface area contributed by atoms with E-state index in [0.29, 0.717) is 82.3 Å². The van der Waals surface area contributed by atoms with Crippen LogP contribution < -0.4 is 22.1 Å². The van der Waals surface area contributed by atoms with Crippen molar-refractivity contribution in [2.24, 2.45) is 23.3 Å². The van der Waals surface area contributed by atoms with Crippen LogP contribution in [0.3, 0.4) is 0 Å². The highest BCUT2D eigenvalue weighted by atomic mass is 16.4. The third-order valence-corrected chi connectivity index (χ3v) is 9.31. The monoisotopic (exact) mass is 664 g/mol. The Kier molecular flexibility index (Phi) is 8.30. The Morgan fingerprint density at radius 3 is 1.55 bits per heavy atom. The van der Waals surface area contributed by atoms with E-state index >= 15 is 0 Å². The second-order valence-electron chi connectivity index (χ2n) is 12.6. The van der Waals surface area contributed by atoms with Crippen molar-refractivity contribution < 1.29 is 18.4 Å². The van der Waals surface area contributed by atoms with E-state index in [1.165, 1.54) is 0 Å². The van der Waals surface area contributed by atoms with Crippen molar-refractivity contribution >= 4 is 57.5 Å². The number of amides is 2. The number of hydrogen-bond acceptors (Lipinski definition) is 10. The summed E-state index contributed by atoms with van der Waals surface area (Å²) in [6.07, 6.45) is 4.44. The fraction of sp³-hybridized carbons (Fsp3) is 0.371. The van der Waals surface area contributed by atoms with Gasteiger partial charge in [0.15, 0.2) is 11.8 Å². The molecule has 14 nitrogen and oxygen atoms in total. The minimum atomic E-state index is -0.495. The SMILES string of the molecule is CCc1nc(C)oc1Nc1nc2cc(C(N)=O)ccc2n1CCC1CC1CCn1c(Nc2oc(C)nc2CC)nc2cc(C(N)=O)ccc21. The van der Waals surface area contributed by atoms with Crippen LogP contribution in [0, 0.1) is 25.7 Å². The van der Waals surface area contributed by atoms with E-state index in [9.17, 15) is 9.59 Å². The third-order valence-electron chi connectivity index (χ3n) is 9.31. The number of oxazole rings is 2. The van der Waals surface area contributed by atoms with Gasteiger partial charge in [-0.05, 0) is 80.3 Å². The number of rotatable bonds is 14. The highest BCUT2D eigenvalue weighted by Gasteiger charge is 2.36. The molecule has 1 fully saturated rings. The predicted molar refractivity (Wildman–Crippen MR) is 185 cm³/mol. The number of nitrogens with one attached hydrogen (secondary N) is 2. The quantitative estimate of drug-likeness (QED) is 0.109. The number of primary amides is 2. The van der Waals surface area contributed by atoms with Gasteiger partial charge in [0, 0.05) is 38.1 Å². The summed E-state index contributed by atoms with van der Waals surface area (Å²) in [5, 5.41) is 6.72. The van der Waals surface area contributed by atoms with Crippen molar-refractivity contribution in [3.8, 4) is 0 Å². The molecule has 1 aliphatic carbocycles. The molecule has 7 rings (SSSR count). The Bertz CT molecular complexity index is 2050. The number of imidazole rings is 2. The van der Waals surface area contributed by atoms with E-state index < -0.39 is 11.8 Å². The normalized spacial score (nSPS) is 15.7. The van der Waals surface area contributed by atoms with Gasteiger partial charge in [0.25, 0.3) is 0 Å². The van der Waals surface area contributed by atoms with Gasteiger partial charge >= 0.3 is 0 Å². The first-order valence-corrected chi connectivity index (χ1v) is 16.7. The molecular formula is C35H40N10O4. The summed E-state index contributed by atoms with van der Waals surface area (Å²) in [5.41, 5.74) is 16.8. The molecule has 2 atom stereocenters. The van der Waals surface area contributed by atoms with Crippen LogP contribution >= 0.6 is 0 Å². The number of nitrogens with two attached hydrogens (primary N) is 2. The number of benzene rings is 2. The second kappa shape index (κ2) is 12.7. The number of fused-ring (bicyclic) bond motifs is 2. The average molecular weight is 665 g/mol. The van der Waals surface area contributed by atoms with Gasteiger partial charge in [-0.15, -0.1) is 0 Å². The van der Waals surface area contributed by atoms with E-state index in [0.717, 1.165) is 54.8 Å². The van der Waals surface area contributed by atoms with E-state index in [4.69, 9.17) is 30.3 Å². The Labute approximate surface area is 282 Å². The van der Waals surface area contributed by atoms with Crippen LogP contribution in [-0.4, -0.2) is 40.9 Å². The molecule has 0 bridgehead atoms. The summed E-state index contributed by atoms with van der Waals surface area (Å²) in [6, 6.07) is 10.7. The summed E-state index contributed by atoms with van der Waals surface area (Å²) in [6.45, 7) is 9.15. The van der Waals surface area contributed by atoms with Crippen LogP contribution in [0.25, 0.3) is 22.1 Å². The topological polar surface area (TPSA) is 198 Å². The van der Waals surface area contributed by atoms with Gasteiger partial charge in [0.05, 0.1) is 22.1 Å². The molecule has 14 heteroatoms. The lowest BCUT2D eigenvalue weighted by Gasteiger charge is -2.11. The van der Waals surface area contributed by atoms with Gasteiger partial charge in [-0.25, -0.2) is 19.9 Å². The van der Waals surface area contributed by atoms with Crippen molar-refractivity contribution in [2.75, 3.05) is 10.6 Å². The largest absolute Gasteiger partial charge is 0.425 e. The van der Waals surface area contributed by atoms with Gasteiger partial charge < -0.3 is 29.4 Å². The van der Waals surface area contributed by atoms with Gasteiger partial charge in [0.1, 0.15) is 11.4 Å². The maximum absolute atomic E-state index is 11.9. The molecule has 4 aromatic heterocycles. The van der Waals surface area contributed by atoms with Crippen molar-refractivity contribution in [1.29, 1.82) is 0 Å². The summed E-state index contributed by atoms with van der Waals surface area (Å²) >= 11 is 0. The van der Waals surface area contributed by atoms with Crippen molar-refractivity contribution in [3.63, 3.8) is 0 Å². The summed E-state index contributed by atoms with van der Waals surface area (Å²) in [5.74, 6) is 3.64. The Morgan fingerprint density at radius 2 is 1.16 bits per heavy atom. The van der Waals surface area contributed by atoms with Crippen molar-refractivity contribution in [2.45, 2.75) is 72.9 Å². The van der Waals surface area contributed by atoms with Crippen LogP contribution in [-0.2, 0) is 25.9 Å². The maximum Gasteiger partial charge on any atom is 0.248 e. The van der Waals surface area contributed by atoms with E-state index in [1.807, 2.05) is 39.8 Å². The Morgan fingerprint density at radius 1 is 0.735 bits per heavy atom. The zero-order valence-electron chi connectivity index (χ0n) is 28.0. The number of aromatic nitrogens is 6. The standard InChI is InChI=1S/C35H40N10O4/c1-5-24-32(48-18(3)38-24)42-34-40-26-16-22(30(36)46)7-9-28(26)44(34)13-11-20-15-21(20)12-14-45-29-10-8-23(31(37)47)17-27(29)41-35(45)43-33-25(6-2)39-19(4)49-33/h7-10,16-17,20-21H,5-6,11-15H2,1-4H3,(H2,36,46)(H2,37,47)(H,40,42)(H,41,43). The van der Waals surface area contributed by atoms with Gasteiger partial charge in [-0.3, -0.25) is 20.2 Å². The van der Waals surface area contributed by atoms with Crippen LogP contribution in [0.4, 0.5) is 23.7 Å². The van der Waals surface area contributed by atoms with Gasteiger partial charge in [-0.1, -0.05) is 13.8 Å². The number of carbonyl (C=O) groups excluding carboxylic acids is 2. The first-order chi connectivity index (χ1) is 23.6. The molecule has 2 unspecified atom stereocenters. The zero-order valence-corrected chi connectivity index (χ0v) is 28.0. The first-order valence-electron chi connectivity index (χ1n) is 16.7. The summed E-state index contributed by atoms with van der Waals surface area (Å²) in [4.78, 5) is 42.4. The lowest BCUT2D eigenvalue weighted by atomic mass is 10.1. The minimum absolute atomic E-state index is 0.409. The fourth-order valence-electron chi connectivity index (χ4n) is 6.64. The number of anilines is 4. The minimum Gasteiger partial charge on any atom is -0.425 e. The molecule has 1 saturated carbocycles. The number of nitrogens with zero attached hydrogens (tertiary/aromatic N) is 6. The molecule has 0 radical (unpaired) electrons. The fourth-order valence-corrected chi connectivity index (χ4v) is 6.64. The van der Waals surface area contributed by atoms with Crippen LogP contribution in [0.2, 0.25) is 0 Å².